The zero-order chi connectivity index (χ0) is 21.8. The number of rotatable bonds is 5. The maximum Gasteiger partial charge on any atom is 0.235 e. The van der Waals surface area contributed by atoms with Gasteiger partial charge in [0.25, 0.3) is 0 Å². The van der Waals surface area contributed by atoms with Gasteiger partial charge in [-0.15, -0.1) is 0 Å². The van der Waals surface area contributed by atoms with Crippen molar-refractivity contribution in [2.24, 2.45) is 0 Å². The number of nitrogens with one attached hydrogen (secondary N) is 1. The predicted molar refractivity (Wildman–Crippen MR) is 121 cm³/mol. The highest BCUT2D eigenvalue weighted by atomic mass is 16.5. The fourth-order valence-electron chi connectivity index (χ4n) is 4.62. The molecule has 164 valence electrons. The molecule has 4 rings (SSSR count). The van der Waals surface area contributed by atoms with Gasteiger partial charge in [0.1, 0.15) is 5.75 Å². The van der Waals surface area contributed by atoms with Crippen LogP contribution in [0.25, 0.3) is 0 Å². The van der Waals surface area contributed by atoms with E-state index < -0.39 is 5.41 Å². The van der Waals surface area contributed by atoms with Crippen LogP contribution in [0.15, 0.2) is 42.5 Å². The molecule has 0 radical (unpaired) electrons. The van der Waals surface area contributed by atoms with Crippen molar-refractivity contribution in [3.05, 3.63) is 53.6 Å². The second-order valence-electron chi connectivity index (χ2n) is 8.38. The lowest BCUT2D eigenvalue weighted by molar-refractivity contribution is -0.125. The van der Waals surface area contributed by atoms with Crippen molar-refractivity contribution in [2.75, 3.05) is 37.1 Å². The normalized spacial score (nSPS) is 18.5. The van der Waals surface area contributed by atoms with E-state index in [1.165, 1.54) is 0 Å². The lowest BCUT2D eigenvalue weighted by atomic mass is 9.73. The van der Waals surface area contributed by atoms with Gasteiger partial charge in [0, 0.05) is 37.6 Å². The van der Waals surface area contributed by atoms with Gasteiger partial charge in [-0.1, -0.05) is 12.1 Å². The third-order valence-electron chi connectivity index (χ3n) is 6.49. The molecule has 2 fully saturated rings. The number of nitrogens with zero attached hydrogens (tertiary/aromatic N) is 1. The van der Waals surface area contributed by atoms with Crippen LogP contribution < -0.4 is 15.0 Å². The second kappa shape index (κ2) is 9.10. The van der Waals surface area contributed by atoms with Crippen LogP contribution in [0.3, 0.4) is 0 Å². The number of ether oxygens (including phenoxy) is 2. The molecule has 1 N–H and O–H groups in total. The molecule has 0 bridgehead atoms. The number of hydrogen-bond acceptors (Lipinski definition) is 4. The lowest BCUT2D eigenvalue weighted by Crippen LogP contribution is -2.44. The molecule has 2 heterocycles. The predicted octanol–water partition coefficient (Wildman–Crippen LogP) is 4.21. The summed E-state index contributed by atoms with van der Waals surface area (Å²) in [5.41, 5.74) is 2.99. The lowest BCUT2D eigenvalue weighted by Gasteiger charge is -2.36. The molecule has 0 aliphatic carbocycles. The minimum atomic E-state index is -0.639. The maximum absolute atomic E-state index is 13.5. The number of methoxy groups -OCH3 is 1. The quantitative estimate of drug-likeness (QED) is 0.784. The summed E-state index contributed by atoms with van der Waals surface area (Å²) < 4.78 is 10.8. The molecule has 2 saturated heterocycles. The summed E-state index contributed by atoms with van der Waals surface area (Å²) in [6, 6.07) is 13.5. The fourth-order valence-corrected chi connectivity index (χ4v) is 4.62. The number of piperidine rings is 1. The Morgan fingerprint density at radius 2 is 1.84 bits per heavy atom. The second-order valence-corrected chi connectivity index (χ2v) is 8.38. The monoisotopic (exact) mass is 422 g/mol. The van der Waals surface area contributed by atoms with Crippen molar-refractivity contribution in [3.8, 4) is 5.75 Å². The first kappa shape index (κ1) is 21.4. The van der Waals surface area contributed by atoms with Crippen LogP contribution in [0, 0.1) is 6.92 Å². The SMILES string of the molecule is COc1ccc(C2(C(=O)Nc3ccc(N4CCCCC4=O)c(C)c3)CCOCC2)cc1. The van der Waals surface area contributed by atoms with Gasteiger partial charge in [-0.3, -0.25) is 9.59 Å². The average Bonchev–Trinajstić information content (AvgIpc) is 2.80. The topological polar surface area (TPSA) is 67.9 Å². The summed E-state index contributed by atoms with van der Waals surface area (Å²) in [5, 5.41) is 3.13. The van der Waals surface area contributed by atoms with Crippen molar-refractivity contribution in [2.45, 2.75) is 44.4 Å². The zero-order valence-corrected chi connectivity index (χ0v) is 18.3. The number of benzene rings is 2. The van der Waals surface area contributed by atoms with E-state index in [-0.39, 0.29) is 11.8 Å². The van der Waals surface area contributed by atoms with E-state index in [0.29, 0.717) is 32.5 Å². The Labute approximate surface area is 183 Å². The van der Waals surface area contributed by atoms with Crippen molar-refractivity contribution in [3.63, 3.8) is 0 Å². The molecular formula is C25H30N2O4. The van der Waals surface area contributed by atoms with Crippen LogP contribution in [0.5, 0.6) is 5.75 Å². The van der Waals surface area contributed by atoms with Crippen molar-refractivity contribution >= 4 is 23.2 Å². The van der Waals surface area contributed by atoms with E-state index in [4.69, 9.17) is 9.47 Å². The molecule has 0 unspecified atom stereocenters. The van der Waals surface area contributed by atoms with E-state index in [1.54, 1.807) is 7.11 Å². The molecule has 2 aliphatic heterocycles. The fraction of sp³-hybridized carbons (Fsp3) is 0.440. The standard InChI is InChI=1S/C25H30N2O4/c1-18-17-20(8-11-22(18)27-14-4-3-5-23(27)28)26-24(29)25(12-15-31-16-13-25)19-6-9-21(30-2)10-7-19/h6-11,17H,3-5,12-16H2,1-2H3,(H,26,29). The van der Waals surface area contributed by atoms with E-state index in [0.717, 1.165) is 47.6 Å². The molecule has 31 heavy (non-hydrogen) atoms. The Balaban J connectivity index is 1.57. The van der Waals surface area contributed by atoms with Crippen molar-refractivity contribution in [1.29, 1.82) is 0 Å². The molecule has 0 spiro atoms. The highest BCUT2D eigenvalue weighted by Gasteiger charge is 2.41. The maximum atomic E-state index is 13.5. The van der Waals surface area contributed by atoms with Gasteiger partial charge in [0.2, 0.25) is 11.8 Å². The summed E-state index contributed by atoms with van der Waals surface area (Å²) in [6.07, 6.45) is 3.84. The molecule has 2 aromatic carbocycles. The van der Waals surface area contributed by atoms with E-state index in [9.17, 15) is 9.59 Å². The molecule has 6 nitrogen and oxygen atoms in total. The highest BCUT2D eigenvalue weighted by molar-refractivity contribution is 6.00. The largest absolute Gasteiger partial charge is 0.497 e. The van der Waals surface area contributed by atoms with Gasteiger partial charge in [0.15, 0.2) is 0 Å². The first-order valence-corrected chi connectivity index (χ1v) is 11.0. The molecule has 2 aliphatic rings. The third kappa shape index (κ3) is 4.30. The minimum absolute atomic E-state index is 0.0258. The van der Waals surface area contributed by atoms with Gasteiger partial charge in [0.05, 0.1) is 12.5 Å². The summed E-state index contributed by atoms with van der Waals surface area (Å²) in [5.74, 6) is 0.916. The van der Waals surface area contributed by atoms with Crippen LogP contribution >= 0.6 is 0 Å². The molecule has 0 saturated carbocycles. The molecule has 2 amide bonds. The third-order valence-corrected chi connectivity index (χ3v) is 6.49. The van der Waals surface area contributed by atoms with Crippen LogP contribution in [0.4, 0.5) is 11.4 Å². The smallest absolute Gasteiger partial charge is 0.235 e. The minimum Gasteiger partial charge on any atom is -0.497 e. The number of amides is 2. The van der Waals surface area contributed by atoms with E-state index in [1.807, 2.05) is 54.3 Å². The summed E-state index contributed by atoms with van der Waals surface area (Å²) in [4.78, 5) is 27.7. The summed E-state index contributed by atoms with van der Waals surface area (Å²) in [6.45, 7) is 3.84. The van der Waals surface area contributed by atoms with Crippen LogP contribution in [-0.4, -0.2) is 38.7 Å². The van der Waals surface area contributed by atoms with Crippen LogP contribution in [0.1, 0.15) is 43.2 Å². The van der Waals surface area contributed by atoms with Gasteiger partial charge in [-0.25, -0.2) is 0 Å². The Kier molecular flexibility index (Phi) is 6.28. The molecule has 0 atom stereocenters. The Morgan fingerprint density at radius 1 is 1.10 bits per heavy atom. The Hall–Kier alpha value is -2.86. The molecular weight excluding hydrogens is 392 g/mol. The summed E-state index contributed by atoms with van der Waals surface area (Å²) in [7, 11) is 1.63. The van der Waals surface area contributed by atoms with Gasteiger partial charge < -0.3 is 19.7 Å². The van der Waals surface area contributed by atoms with Crippen molar-refractivity contribution < 1.29 is 19.1 Å². The van der Waals surface area contributed by atoms with Crippen LogP contribution in [0.2, 0.25) is 0 Å². The Bertz CT molecular complexity index is 948. The Morgan fingerprint density at radius 3 is 2.48 bits per heavy atom. The average molecular weight is 423 g/mol. The highest BCUT2D eigenvalue weighted by Crippen LogP contribution is 2.37. The number of carbonyl (C=O) groups is 2. The van der Waals surface area contributed by atoms with Crippen molar-refractivity contribution in [1.82, 2.24) is 0 Å². The van der Waals surface area contributed by atoms with E-state index in [2.05, 4.69) is 5.32 Å². The van der Waals surface area contributed by atoms with Gasteiger partial charge >= 0.3 is 0 Å². The number of hydrogen-bond donors (Lipinski definition) is 1. The number of aryl methyl sites for hydroxylation is 1. The number of carbonyl (C=O) groups excluding carboxylic acids is 2. The van der Waals surface area contributed by atoms with Crippen LogP contribution in [-0.2, 0) is 19.7 Å². The zero-order valence-electron chi connectivity index (χ0n) is 18.3. The summed E-state index contributed by atoms with van der Waals surface area (Å²) >= 11 is 0. The van der Waals surface area contributed by atoms with Gasteiger partial charge in [-0.2, -0.15) is 0 Å². The molecule has 2 aromatic rings. The van der Waals surface area contributed by atoms with E-state index >= 15 is 0 Å². The van der Waals surface area contributed by atoms with Gasteiger partial charge in [-0.05, 0) is 74.1 Å². The first-order valence-electron chi connectivity index (χ1n) is 11.0. The number of anilines is 2. The first-order chi connectivity index (χ1) is 15.0. The molecule has 0 aromatic heterocycles. The molecule has 6 heteroatoms.